The first-order valence-electron chi connectivity index (χ1n) is 7.75. The lowest BCUT2D eigenvalue weighted by Crippen LogP contribution is -2.37. The highest BCUT2D eigenvalue weighted by atomic mass is 127. The van der Waals surface area contributed by atoms with E-state index >= 15 is 0 Å². The summed E-state index contributed by atoms with van der Waals surface area (Å²) in [5.41, 5.74) is 2.24. The van der Waals surface area contributed by atoms with Crippen molar-refractivity contribution in [2.24, 2.45) is 4.99 Å². The van der Waals surface area contributed by atoms with Gasteiger partial charge in [0.2, 0.25) is 0 Å². The van der Waals surface area contributed by atoms with Gasteiger partial charge in [0, 0.05) is 32.1 Å². The highest BCUT2D eigenvalue weighted by Gasteiger charge is 2.05. The number of benzene rings is 1. The number of unbranched alkanes of at least 4 members (excludes halogenated alkanes) is 1. The van der Waals surface area contributed by atoms with Crippen molar-refractivity contribution < 1.29 is 14.3 Å². The lowest BCUT2D eigenvalue weighted by atomic mass is 10.1. The summed E-state index contributed by atoms with van der Waals surface area (Å²) in [5.74, 6) is 1.43. The van der Waals surface area contributed by atoms with Gasteiger partial charge in [-0.3, -0.25) is 9.79 Å². The van der Waals surface area contributed by atoms with Gasteiger partial charge in [0.15, 0.2) is 5.96 Å². The maximum Gasteiger partial charge on any atom is 0.305 e. The number of nitrogens with one attached hydrogen (secondary N) is 2. The summed E-state index contributed by atoms with van der Waals surface area (Å²) in [5, 5.41) is 6.48. The Labute approximate surface area is 161 Å². The summed E-state index contributed by atoms with van der Waals surface area (Å²) in [6.07, 6.45) is 2.12. The number of nitrogens with zero attached hydrogens (tertiary/aromatic N) is 1. The molecule has 0 saturated heterocycles. The topological polar surface area (TPSA) is 72.0 Å². The Kier molecular flexibility index (Phi) is 12.0. The van der Waals surface area contributed by atoms with Crippen molar-refractivity contribution in [1.29, 1.82) is 0 Å². The number of hydrogen-bond acceptors (Lipinski definition) is 4. The Morgan fingerprint density at radius 2 is 1.96 bits per heavy atom. The van der Waals surface area contributed by atoms with E-state index in [-0.39, 0.29) is 29.9 Å². The third kappa shape index (κ3) is 8.37. The summed E-state index contributed by atoms with van der Waals surface area (Å²) in [6.45, 7) is 3.42. The number of halogens is 1. The fourth-order valence-corrected chi connectivity index (χ4v) is 2.10. The van der Waals surface area contributed by atoms with Gasteiger partial charge in [-0.25, -0.2) is 0 Å². The number of hydrogen-bond donors (Lipinski definition) is 2. The highest BCUT2D eigenvalue weighted by Crippen LogP contribution is 2.19. The predicted octanol–water partition coefficient (Wildman–Crippen LogP) is 2.63. The number of rotatable bonds is 8. The number of aryl methyl sites for hydroxylation is 1. The normalized spacial score (nSPS) is 10.6. The second-order valence-electron chi connectivity index (χ2n) is 5.20. The lowest BCUT2D eigenvalue weighted by Gasteiger charge is -2.14. The van der Waals surface area contributed by atoms with Gasteiger partial charge in [0.25, 0.3) is 0 Å². The largest absolute Gasteiger partial charge is 0.496 e. The van der Waals surface area contributed by atoms with E-state index in [1.807, 2.05) is 19.1 Å². The van der Waals surface area contributed by atoms with Crippen LogP contribution in [0.25, 0.3) is 0 Å². The SMILES string of the molecule is CN=C(NCCCCC(=O)OC)NCc1ccc(C)cc1OC.I. The van der Waals surface area contributed by atoms with Crippen LogP contribution in [0.1, 0.15) is 30.4 Å². The minimum absolute atomic E-state index is 0. The molecule has 24 heavy (non-hydrogen) atoms. The molecule has 0 aliphatic rings. The maximum absolute atomic E-state index is 11.0. The quantitative estimate of drug-likeness (QED) is 0.210. The molecule has 7 heteroatoms. The first-order chi connectivity index (χ1) is 11.1. The van der Waals surface area contributed by atoms with Gasteiger partial charge < -0.3 is 20.1 Å². The molecule has 1 aromatic carbocycles. The van der Waals surface area contributed by atoms with Crippen molar-refractivity contribution >= 4 is 35.9 Å². The van der Waals surface area contributed by atoms with Crippen molar-refractivity contribution in [3.63, 3.8) is 0 Å². The average molecular weight is 449 g/mol. The van der Waals surface area contributed by atoms with Gasteiger partial charge >= 0.3 is 5.97 Å². The number of ether oxygens (including phenoxy) is 2. The third-order valence-corrected chi connectivity index (χ3v) is 3.44. The van der Waals surface area contributed by atoms with Crippen LogP contribution in [-0.2, 0) is 16.1 Å². The third-order valence-electron chi connectivity index (χ3n) is 3.44. The monoisotopic (exact) mass is 449 g/mol. The van der Waals surface area contributed by atoms with Crippen LogP contribution in [0.3, 0.4) is 0 Å². The Morgan fingerprint density at radius 1 is 1.21 bits per heavy atom. The molecule has 0 heterocycles. The van der Waals surface area contributed by atoms with E-state index < -0.39 is 0 Å². The van der Waals surface area contributed by atoms with Gasteiger partial charge in [-0.1, -0.05) is 12.1 Å². The Hall–Kier alpha value is -1.51. The van der Waals surface area contributed by atoms with E-state index in [0.717, 1.165) is 36.7 Å². The molecule has 0 aliphatic heterocycles. The van der Waals surface area contributed by atoms with Crippen molar-refractivity contribution in [3.05, 3.63) is 29.3 Å². The van der Waals surface area contributed by atoms with Crippen LogP contribution in [0.2, 0.25) is 0 Å². The molecule has 0 radical (unpaired) electrons. The van der Waals surface area contributed by atoms with Crippen molar-refractivity contribution in [1.82, 2.24) is 10.6 Å². The van der Waals surface area contributed by atoms with Gasteiger partial charge in [-0.2, -0.15) is 0 Å². The summed E-state index contributed by atoms with van der Waals surface area (Å²) in [7, 11) is 4.81. The molecule has 0 unspecified atom stereocenters. The van der Waals surface area contributed by atoms with Gasteiger partial charge in [-0.15, -0.1) is 24.0 Å². The van der Waals surface area contributed by atoms with Crippen molar-refractivity contribution in [3.8, 4) is 5.75 Å². The van der Waals surface area contributed by atoms with E-state index in [0.29, 0.717) is 13.0 Å². The first-order valence-corrected chi connectivity index (χ1v) is 7.75. The molecule has 2 N–H and O–H groups in total. The predicted molar refractivity (Wildman–Crippen MR) is 107 cm³/mol. The molecular formula is C17H28IN3O3. The minimum Gasteiger partial charge on any atom is -0.496 e. The molecule has 0 bridgehead atoms. The molecule has 6 nitrogen and oxygen atoms in total. The molecular weight excluding hydrogens is 421 g/mol. The van der Waals surface area contributed by atoms with E-state index in [1.165, 1.54) is 12.7 Å². The smallest absolute Gasteiger partial charge is 0.305 e. The molecule has 0 aromatic heterocycles. The molecule has 0 fully saturated rings. The minimum atomic E-state index is -0.168. The van der Waals surface area contributed by atoms with Crippen molar-refractivity contribution in [2.45, 2.75) is 32.7 Å². The standard InChI is InChI=1S/C17H27N3O3.HI/c1-13-8-9-14(15(11-13)22-3)12-20-17(18-2)19-10-6-5-7-16(21)23-4;/h8-9,11H,5-7,10,12H2,1-4H3,(H2,18,19,20);1H. The second kappa shape index (κ2) is 12.9. The van der Waals surface area contributed by atoms with Gasteiger partial charge in [0.1, 0.15) is 5.75 Å². The summed E-state index contributed by atoms with van der Waals surface area (Å²) < 4.78 is 10.0. The van der Waals surface area contributed by atoms with E-state index in [2.05, 4.69) is 26.4 Å². The number of guanidine groups is 1. The number of carbonyl (C=O) groups is 1. The Balaban J connectivity index is 0.00000529. The molecule has 1 rings (SSSR count). The first kappa shape index (κ1) is 22.5. The zero-order valence-electron chi connectivity index (χ0n) is 14.8. The molecule has 0 spiro atoms. The van der Waals surface area contributed by atoms with E-state index in [1.54, 1.807) is 14.2 Å². The number of aliphatic imine (C=N–C) groups is 1. The van der Waals surface area contributed by atoms with Crippen LogP contribution in [0.5, 0.6) is 5.75 Å². The lowest BCUT2D eigenvalue weighted by molar-refractivity contribution is -0.140. The molecule has 0 aliphatic carbocycles. The molecule has 0 atom stereocenters. The fourth-order valence-electron chi connectivity index (χ4n) is 2.10. The summed E-state index contributed by atoms with van der Waals surface area (Å²) >= 11 is 0. The van der Waals surface area contributed by atoms with Crippen LogP contribution >= 0.6 is 24.0 Å². The molecule has 136 valence electrons. The van der Waals surface area contributed by atoms with Crippen molar-refractivity contribution in [2.75, 3.05) is 27.8 Å². The highest BCUT2D eigenvalue weighted by molar-refractivity contribution is 14.0. The van der Waals surface area contributed by atoms with Gasteiger partial charge in [-0.05, 0) is 31.4 Å². The number of methoxy groups -OCH3 is 2. The van der Waals surface area contributed by atoms with E-state index in [4.69, 9.17) is 4.74 Å². The summed E-state index contributed by atoms with van der Waals surface area (Å²) in [4.78, 5) is 15.2. The van der Waals surface area contributed by atoms with E-state index in [9.17, 15) is 4.79 Å². The second-order valence-corrected chi connectivity index (χ2v) is 5.20. The fraction of sp³-hybridized carbons (Fsp3) is 0.529. The van der Waals surface area contributed by atoms with Crippen LogP contribution in [0, 0.1) is 6.92 Å². The average Bonchev–Trinajstić information content (AvgIpc) is 2.57. The molecule has 0 amide bonds. The molecule has 0 saturated carbocycles. The zero-order valence-corrected chi connectivity index (χ0v) is 17.2. The zero-order chi connectivity index (χ0) is 17.1. The Morgan fingerprint density at radius 3 is 2.58 bits per heavy atom. The van der Waals surface area contributed by atoms with Crippen LogP contribution in [0.15, 0.2) is 23.2 Å². The summed E-state index contributed by atoms with van der Waals surface area (Å²) in [6, 6.07) is 6.12. The number of esters is 1. The van der Waals surface area contributed by atoms with Crippen LogP contribution in [0.4, 0.5) is 0 Å². The Bertz CT molecular complexity index is 536. The van der Waals surface area contributed by atoms with Crippen LogP contribution in [-0.4, -0.2) is 39.7 Å². The van der Waals surface area contributed by atoms with Crippen LogP contribution < -0.4 is 15.4 Å². The molecule has 1 aromatic rings. The number of carbonyl (C=O) groups excluding carboxylic acids is 1. The van der Waals surface area contributed by atoms with Gasteiger partial charge in [0.05, 0.1) is 14.2 Å². The maximum atomic E-state index is 11.0.